The summed E-state index contributed by atoms with van der Waals surface area (Å²) in [5, 5.41) is 0. The van der Waals surface area contributed by atoms with Crippen LogP contribution in [0.4, 0.5) is 0 Å². The Hall–Kier alpha value is -2.62. The van der Waals surface area contributed by atoms with Crippen LogP contribution in [-0.2, 0) is 0 Å². The highest BCUT2D eigenvalue weighted by Gasteiger charge is 2.22. The number of para-hydroxylation sites is 1. The molecule has 1 saturated heterocycles. The monoisotopic (exact) mass is 333 g/mol. The van der Waals surface area contributed by atoms with Gasteiger partial charge in [-0.25, -0.2) is 4.98 Å². The van der Waals surface area contributed by atoms with Gasteiger partial charge in [0.15, 0.2) is 0 Å². The van der Waals surface area contributed by atoms with E-state index in [9.17, 15) is 4.79 Å². The van der Waals surface area contributed by atoms with E-state index in [0.29, 0.717) is 5.92 Å². The van der Waals surface area contributed by atoms with Crippen LogP contribution in [-0.4, -0.2) is 33.4 Å². The van der Waals surface area contributed by atoms with Gasteiger partial charge in [-0.05, 0) is 56.0 Å². The number of imidazole rings is 1. The van der Waals surface area contributed by atoms with Crippen LogP contribution in [0.3, 0.4) is 0 Å². The molecule has 0 spiro atoms. The van der Waals surface area contributed by atoms with Gasteiger partial charge in [0.05, 0.1) is 11.0 Å². The smallest absolute Gasteiger partial charge is 0.253 e. The van der Waals surface area contributed by atoms with E-state index >= 15 is 0 Å². The van der Waals surface area contributed by atoms with E-state index in [0.717, 1.165) is 47.6 Å². The lowest BCUT2D eigenvalue weighted by Crippen LogP contribution is -2.39. The molecule has 3 aromatic rings. The lowest BCUT2D eigenvalue weighted by atomic mass is 9.99. The normalized spacial score (nSPS) is 17.8. The molecule has 2 aromatic carbocycles. The van der Waals surface area contributed by atoms with Crippen molar-refractivity contribution in [2.45, 2.75) is 26.7 Å². The average molecular weight is 333 g/mol. The van der Waals surface area contributed by atoms with Crippen molar-refractivity contribution in [2.24, 2.45) is 5.92 Å². The van der Waals surface area contributed by atoms with E-state index in [4.69, 9.17) is 0 Å². The van der Waals surface area contributed by atoms with Gasteiger partial charge in [-0.3, -0.25) is 9.36 Å². The number of amides is 1. The number of hydrogen-bond acceptors (Lipinski definition) is 2. The van der Waals surface area contributed by atoms with E-state index < -0.39 is 0 Å². The summed E-state index contributed by atoms with van der Waals surface area (Å²) in [5.74, 6) is 1.64. The Bertz CT molecular complexity index is 914. The first-order valence-corrected chi connectivity index (χ1v) is 8.97. The summed E-state index contributed by atoms with van der Waals surface area (Å²) in [4.78, 5) is 19.5. The van der Waals surface area contributed by atoms with Crippen LogP contribution in [0.5, 0.6) is 0 Å². The van der Waals surface area contributed by atoms with Crippen LogP contribution < -0.4 is 0 Å². The number of hydrogen-bond donors (Lipinski definition) is 0. The second-order valence-electron chi connectivity index (χ2n) is 7.03. The number of carbonyl (C=O) groups is 1. The lowest BCUT2D eigenvalue weighted by molar-refractivity contribution is 0.0683. The molecule has 1 atom stereocenters. The predicted octanol–water partition coefficient (Wildman–Crippen LogP) is 4.21. The third-order valence-electron chi connectivity index (χ3n) is 5.03. The zero-order valence-electron chi connectivity index (χ0n) is 14.8. The third-order valence-corrected chi connectivity index (χ3v) is 5.03. The number of likely N-dealkylation sites (tertiary alicyclic amines) is 1. The summed E-state index contributed by atoms with van der Waals surface area (Å²) in [6.07, 6.45) is 2.31. The number of aryl methyl sites for hydroxylation is 1. The molecule has 4 rings (SSSR count). The van der Waals surface area contributed by atoms with Gasteiger partial charge in [0.2, 0.25) is 0 Å². The number of carbonyl (C=O) groups excluding carboxylic acids is 1. The Kier molecular flexibility index (Phi) is 4.04. The van der Waals surface area contributed by atoms with Crippen molar-refractivity contribution < 1.29 is 4.79 Å². The SMILES string of the molecule is Cc1nc2cc(C(=O)N3CCC[C@H](C)C3)ccc2n1-c1ccccc1. The minimum Gasteiger partial charge on any atom is -0.338 e. The number of rotatable bonds is 2. The maximum Gasteiger partial charge on any atom is 0.253 e. The van der Waals surface area contributed by atoms with E-state index in [2.05, 4.69) is 28.6 Å². The first-order chi connectivity index (χ1) is 12.1. The van der Waals surface area contributed by atoms with Gasteiger partial charge < -0.3 is 4.90 Å². The zero-order valence-corrected chi connectivity index (χ0v) is 14.8. The third kappa shape index (κ3) is 2.93. The van der Waals surface area contributed by atoms with Crippen LogP contribution >= 0.6 is 0 Å². The number of fused-ring (bicyclic) bond motifs is 1. The van der Waals surface area contributed by atoms with Crippen molar-refractivity contribution in [1.29, 1.82) is 0 Å². The molecule has 1 amide bonds. The van der Waals surface area contributed by atoms with Crippen molar-refractivity contribution in [3.8, 4) is 5.69 Å². The molecule has 0 saturated carbocycles. The largest absolute Gasteiger partial charge is 0.338 e. The van der Waals surface area contributed by atoms with E-state index in [-0.39, 0.29) is 5.91 Å². The Labute approximate surface area is 148 Å². The molecule has 1 aromatic heterocycles. The van der Waals surface area contributed by atoms with Gasteiger partial charge in [-0.1, -0.05) is 25.1 Å². The molecule has 0 unspecified atom stereocenters. The Morgan fingerprint density at radius 2 is 1.96 bits per heavy atom. The quantitative estimate of drug-likeness (QED) is 0.705. The van der Waals surface area contributed by atoms with Crippen molar-refractivity contribution in [3.05, 3.63) is 59.9 Å². The van der Waals surface area contributed by atoms with Crippen LogP contribution in [0.2, 0.25) is 0 Å². The van der Waals surface area contributed by atoms with Gasteiger partial charge in [0.1, 0.15) is 5.82 Å². The summed E-state index contributed by atoms with van der Waals surface area (Å²) in [7, 11) is 0. The predicted molar refractivity (Wildman–Crippen MR) is 100 cm³/mol. The average Bonchev–Trinajstić information content (AvgIpc) is 2.96. The maximum atomic E-state index is 12.8. The van der Waals surface area contributed by atoms with E-state index in [1.165, 1.54) is 6.42 Å². The van der Waals surface area contributed by atoms with Gasteiger partial charge in [0, 0.05) is 24.3 Å². The number of piperidine rings is 1. The topological polar surface area (TPSA) is 38.1 Å². The summed E-state index contributed by atoms with van der Waals surface area (Å²) in [6, 6.07) is 16.1. The highest BCUT2D eigenvalue weighted by Crippen LogP contribution is 2.24. The first-order valence-electron chi connectivity index (χ1n) is 8.97. The van der Waals surface area contributed by atoms with Crippen LogP contribution in [0.15, 0.2) is 48.5 Å². The van der Waals surface area contributed by atoms with Gasteiger partial charge >= 0.3 is 0 Å². The Morgan fingerprint density at radius 3 is 2.72 bits per heavy atom. The van der Waals surface area contributed by atoms with Crippen molar-refractivity contribution >= 4 is 16.9 Å². The fraction of sp³-hybridized carbons (Fsp3) is 0.333. The fourth-order valence-electron chi connectivity index (χ4n) is 3.79. The van der Waals surface area contributed by atoms with Crippen LogP contribution in [0.25, 0.3) is 16.7 Å². The molecule has 128 valence electrons. The molecule has 4 nitrogen and oxygen atoms in total. The van der Waals surface area contributed by atoms with Crippen molar-refractivity contribution in [1.82, 2.24) is 14.5 Å². The standard InChI is InChI=1S/C21H23N3O/c1-15-7-6-12-23(14-15)21(25)17-10-11-20-19(13-17)22-16(2)24(20)18-8-4-3-5-9-18/h3-5,8-11,13,15H,6-7,12,14H2,1-2H3/t15-/m0/s1. The molecule has 0 N–H and O–H groups in total. The van der Waals surface area contributed by atoms with E-state index in [1.807, 2.05) is 48.2 Å². The minimum atomic E-state index is 0.125. The van der Waals surface area contributed by atoms with Gasteiger partial charge in [-0.15, -0.1) is 0 Å². The van der Waals surface area contributed by atoms with Crippen molar-refractivity contribution in [2.75, 3.05) is 13.1 Å². The lowest BCUT2D eigenvalue weighted by Gasteiger charge is -2.31. The molecule has 0 radical (unpaired) electrons. The Balaban J connectivity index is 1.71. The summed E-state index contributed by atoms with van der Waals surface area (Å²) >= 11 is 0. The molecule has 1 aliphatic heterocycles. The highest BCUT2D eigenvalue weighted by atomic mass is 16.2. The van der Waals surface area contributed by atoms with Crippen molar-refractivity contribution in [3.63, 3.8) is 0 Å². The number of nitrogens with zero attached hydrogens (tertiary/aromatic N) is 3. The van der Waals surface area contributed by atoms with Crippen LogP contribution in [0, 0.1) is 12.8 Å². The summed E-state index contributed by atoms with van der Waals surface area (Å²) < 4.78 is 2.13. The molecule has 4 heteroatoms. The first kappa shape index (κ1) is 15.9. The zero-order chi connectivity index (χ0) is 17.4. The molecular formula is C21H23N3O. The van der Waals surface area contributed by atoms with E-state index in [1.54, 1.807) is 0 Å². The molecule has 1 fully saturated rings. The van der Waals surface area contributed by atoms with Gasteiger partial charge in [-0.2, -0.15) is 0 Å². The maximum absolute atomic E-state index is 12.8. The molecule has 25 heavy (non-hydrogen) atoms. The fourth-order valence-corrected chi connectivity index (χ4v) is 3.79. The second-order valence-corrected chi connectivity index (χ2v) is 7.03. The number of aromatic nitrogens is 2. The Morgan fingerprint density at radius 1 is 1.16 bits per heavy atom. The molecule has 1 aliphatic rings. The second kappa shape index (κ2) is 6.36. The summed E-state index contributed by atoms with van der Waals surface area (Å²) in [6.45, 7) is 5.93. The molecule has 2 heterocycles. The highest BCUT2D eigenvalue weighted by molar-refractivity contribution is 5.97. The van der Waals surface area contributed by atoms with Gasteiger partial charge in [0.25, 0.3) is 5.91 Å². The number of benzene rings is 2. The summed E-state index contributed by atoms with van der Waals surface area (Å²) in [5.41, 5.74) is 3.73. The minimum absolute atomic E-state index is 0.125. The molecular weight excluding hydrogens is 310 g/mol. The van der Waals surface area contributed by atoms with Crippen LogP contribution in [0.1, 0.15) is 35.9 Å². The molecule has 0 aliphatic carbocycles. The molecule has 0 bridgehead atoms.